The molecule has 0 fully saturated rings. The Balaban J connectivity index is 5.46. The second-order valence-corrected chi connectivity index (χ2v) is 8.21. The van der Waals surface area contributed by atoms with E-state index < -0.39 is 78.0 Å². The van der Waals surface area contributed by atoms with Gasteiger partial charge in [-0.3, -0.25) is 24.0 Å². The van der Waals surface area contributed by atoms with E-state index in [1.165, 1.54) is 0 Å². The summed E-state index contributed by atoms with van der Waals surface area (Å²) in [6.45, 7) is 6.59. The molecule has 0 aliphatic rings. The van der Waals surface area contributed by atoms with E-state index in [1.54, 1.807) is 27.7 Å². The fourth-order valence-electron chi connectivity index (χ4n) is 2.81. The highest BCUT2D eigenvalue weighted by Crippen LogP contribution is 2.10. The smallest absolute Gasteiger partial charge is 0.326 e. The van der Waals surface area contributed by atoms with Gasteiger partial charge < -0.3 is 37.6 Å². The predicted molar refractivity (Wildman–Crippen MR) is 116 cm³/mol. The highest BCUT2D eigenvalue weighted by molar-refractivity contribution is 5.96. The molecule has 0 bridgehead atoms. The van der Waals surface area contributed by atoms with Gasteiger partial charge >= 0.3 is 11.9 Å². The molecule has 0 aromatic heterocycles. The molecule has 0 spiro atoms. The predicted octanol–water partition coefficient (Wildman–Crippen LogP) is -1.70. The minimum absolute atomic E-state index is 0.146. The molecule has 188 valence electrons. The summed E-state index contributed by atoms with van der Waals surface area (Å²) in [5.41, 5.74) is 10.8. The lowest BCUT2D eigenvalue weighted by atomic mass is 9.98. The largest absolute Gasteiger partial charge is 0.481 e. The Bertz CT molecular complexity index is 742. The summed E-state index contributed by atoms with van der Waals surface area (Å²) >= 11 is 0. The van der Waals surface area contributed by atoms with Crippen molar-refractivity contribution in [1.82, 2.24) is 16.0 Å². The number of aliphatic carboxylic acids is 2. The first kappa shape index (κ1) is 29.8. The molecule has 0 saturated heterocycles. The average molecular weight is 474 g/mol. The highest BCUT2D eigenvalue weighted by Gasteiger charge is 2.33. The molecule has 5 atom stereocenters. The van der Waals surface area contributed by atoms with Crippen molar-refractivity contribution in [3.8, 4) is 0 Å². The van der Waals surface area contributed by atoms with E-state index >= 15 is 0 Å². The van der Waals surface area contributed by atoms with Crippen LogP contribution in [-0.2, 0) is 28.8 Å². The summed E-state index contributed by atoms with van der Waals surface area (Å²) in [7, 11) is 0. The number of carbonyl (C=O) groups is 6. The number of hydrogen-bond acceptors (Lipinski definition) is 7. The summed E-state index contributed by atoms with van der Waals surface area (Å²) in [6, 6.07) is -5.06. The zero-order valence-electron chi connectivity index (χ0n) is 19.3. The molecule has 0 aliphatic heterocycles. The van der Waals surface area contributed by atoms with Crippen LogP contribution in [0.1, 0.15) is 53.4 Å². The second kappa shape index (κ2) is 14.0. The molecule has 0 rings (SSSR count). The van der Waals surface area contributed by atoms with Crippen LogP contribution in [0.15, 0.2) is 0 Å². The maximum absolute atomic E-state index is 12.8. The summed E-state index contributed by atoms with van der Waals surface area (Å²) in [6.07, 6.45) is -0.629. The lowest BCUT2D eigenvalue weighted by Gasteiger charge is -2.27. The molecule has 0 radical (unpaired) electrons. The van der Waals surface area contributed by atoms with Gasteiger partial charge in [0.2, 0.25) is 23.6 Å². The third kappa shape index (κ3) is 10.8. The molecule has 4 amide bonds. The number of nitrogens with two attached hydrogens (primary N) is 2. The Morgan fingerprint density at radius 3 is 1.82 bits per heavy atom. The Kier molecular flexibility index (Phi) is 12.7. The van der Waals surface area contributed by atoms with Crippen LogP contribution in [0.4, 0.5) is 0 Å². The fraction of sp³-hybridized carbons (Fsp3) is 0.700. The minimum Gasteiger partial charge on any atom is -0.481 e. The minimum atomic E-state index is -1.47. The fourth-order valence-corrected chi connectivity index (χ4v) is 2.81. The van der Waals surface area contributed by atoms with Gasteiger partial charge in [-0.05, 0) is 18.3 Å². The summed E-state index contributed by atoms with van der Waals surface area (Å²) in [5, 5.41) is 25.1. The number of carboxylic acids is 2. The average Bonchev–Trinajstić information content (AvgIpc) is 2.71. The quantitative estimate of drug-likeness (QED) is 0.143. The number of rotatable bonds is 15. The van der Waals surface area contributed by atoms with Crippen LogP contribution in [-0.4, -0.2) is 69.9 Å². The van der Waals surface area contributed by atoms with E-state index in [1.807, 2.05) is 0 Å². The summed E-state index contributed by atoms with van der Waals surface area (Å²) in [5.74, 6) is -6.70. The molecule has 0 aromatic rings. The van der Waals surface area contributed by atoms with Crippen LogP contribution in [0, 0.1) is 11.8 Å². The van der Waals surface area contributed by atoms with E-state index in [2.05, 4.69) is 16.0 Å². The van der Waals surface area contributed by atoms with Crippen molar-refractivity contribution in [2.45, 2.75) is 77.5 Å². The molecule has 0 saturated carbocycles. The molecule has 5 unspecified atom stereocenters. The Morgan fingerprint density at radius 1 is 0.848 bits per heavy atom. The highest BCUT2D eigenvalue weighted by atomic mass is 16.4. The molecule has 0 aromatic carbocycles. The van der Waals surface area contributed by atoms with Crippen molar-refractivity contribution in [3.05, 3.63) is 0 Å². The zero-order chi connectivity index (χ0) is 25.9. The molecule has 0 heterocycles. The maximum Gasteiger partial charge on any atom is 0.326 e. The molecule has 0 aliphatic carbocycles. The van der Waals surface area contributed by atoms with Crippen molar-refractivity contribution in [3.63, 3.8) is 0 Å². The van der Waals surface area contributed by atoms with Crippen molar-refractivity contribution < 1.29 is 39.0 Å². The summed E-state index contributed by atoms with van der Waals surface area (Å²) in [4.78, 5) is 71.3. The third-order valence-corrected chi connectivity index (χ3v) is 5.07. The third-order valence-electron chi connectivity index (χ3n) is 5.07. The number of carbonyl (C=O) groups excluding carboxylic acids is 4. The van der Waals surface area contributed by atoms with Gasteiger partial charge in [-0.25, -0.2) is 4.79 Å². The topological polar surface area (TPSA) is 231 Å². The maximum atomic E-state index is 12.8. The number of amides is 4. The van der Waals surface area contributed by atoms with E-state index in [-0.39, 0.29) is 12.8 Å². The van der Waals surface area contributed by atoms with Crippen molar-refractivity contribution in [2.24, 2.45) is 23.3 Å². The lowest BCUT2D eigenvalue weighted by molar-refractivity contribution is -0.144. The molecule has 13 nitrogen and oxygen atoms in total. The molecule has 9 N–H and O–H groups in total. The first-order valence-electron chi connectivity index (χ1n) is 10.6. The van der Waals surface area contributed by atoms with Gasteiger partial charge in [0.1, 0.15) is 18.1 Å². The first-order valence-corrected chi connectivity index (χ1v) is 10.6. The van der Waals surface area contributed by atoms with E-state index in [4.69, 9.17) is 16.6 Å². The lowest BCUT2D eigenvalue weighted by Crippen LogP contribution is -2.59. The van der Waals surface area contributed by atoms with E-state index in [9.17, 15) is 33.9 Å². The van der Waals surface area contributed by atoms with E-state index in [0.717, 1.165) is 0 Å². The van der Waals surface area contributed by atoms with Crippen LogP contribution in [0.2, 0.25) is 0 Å². The van der Waals surface area contributed by atoms with Gasteiger partial charge in [0.15, 0.2) is 0 Å². The van der Waals surface area contributed by atoms with Gasteiger partial charge in [0, 0.05) is 6.42 Å². The number of primary amides is 1. The Labute approximate surface area is 192 Å². The zero-order valence-corrected chi connectivity index (χ0v) is 19.3. The first-order chi connectivity index (χ1) is 15.2. The van der Waals surface area contributed by atoms with Gasteiger partial charge in [-0.2, -0.15) is 0 Å². The Morgan fingerprint density at radius 2 is 1.39 bits per heavy atom. The van der Waals surface area contributed by atoms with Crippen molar-refractivity contribution in [2.75, 3.05) is 0 Å². The van der Waals surface area contributed by atoms with Crippen LogP contribution >= 0.6 is 0 Å². The standard InChI is InChI=1S/C20H35N5O8/c1-5-10(4)16(20(32)33)25-18(30)12(8-13(22)26)23-19(31)15(9(2)3)24-17(29)11(21)6-7-14(27)28/h9-12,15-16H,5-8,21H2,1-4H3,(H2,22,26)(H,23,31)(H,24,29)(H,25,30)(H,27,28)(H,32,33). The summed E-state index contributed by atoms with van der Waals surface area (Å²) < 4.78 is 0. The monoisotopic (exact) mass is 473 g/mol. The van der Waals surface area contributed by atoms with Gasteiger partial charge in [0.25, 0.3) is 0 Å². The van der Waals surface area contributed by atoms with Crippen molar-refractivity contribution >= 4 is 35.6 Å². The van der Waals surface area contributed by atoms with Gasteiger partial charge in [0.05, 0.1) is 12.5 Å². The van der Waals surface area contributed by atoms with Gasteiger partial charge in [-0.1, -0.05) is 34.1 Å². The number of nitrogens with one attached hydrogen (secondary N) is 3. The second-order valence-electron chi connectivity index (χ2n) is 8.21. The van der Waals surface area contributed by atoms with Crippen LogP contribution in [0.3, 0.4) is 0 Å². The van der Waals surface area contributed by atoms with Crippen LogP contribution in [0.5, 0.6) is 0 Å². The van der Waals surface area contributed by atoms with Crippen molar-refractivity contribution in [1.29, 1.82) is 0 Å². The van der Waals surface area contributed by atoms with Gasteiger partial charge in [-0.15, -0.1) is 0 Å². The normalized spacial score (nSPS) is 15.5. The Hall–Kier alpha value is -3.22. The molecule has 13 heteroatoms. The molecular formula is C20H35N5O8. The van der Waals surface area contributed by atoms with E-state index in [0.29, 0.717) is 6.42 Å². The number of hydrogen-bond donors (Lipinski definition) is 7. The molecule has 33 heavy (non-hydrogen) atoms. The van der Waals surface area contributed by atoms with Crippen LogP contribution in [0.25, 0.3) is 0 Å². The SMILES string of the molecule is CCC(C)C(NC(=O)C(CC(N)=O)NC(=O)C(NC(=O)C(N)CCC(=O)O)C(C)C)C(=O)O. The molecular weight excluding hydrogens is 438 g/mol. The number of carboxylic acid groups (broad SMARTS) is 2. The van der Waals surface area contributed by atoms with Crippen LogP contribution < -0.4 is 27.4 Å².